The molecule has 8 heteroatoms. The maximum atomic E-state index is 14.4. The summed E-state index contributed by atoms with van der Waals surface area (Å²) in [6.45, 7) is 4.15. The molecule has 6 nitrogen and oxygen atoms in total. The maximum absolute atomic E-state index is 14.4. The Kier molecular flexibility index (Phi) is 6.67. The van der Waals surface area contributed by atoms with Crippen LogP contribution in [0.2, 0.25) is 5.02 Å². The number of hydrogen-bond donors (Lipinski definition) is 0. The zero-order valence-electron chi connectivity index (χ0n) is 18.8. The van der Waals surface area contributed by atoms with Crippen LogP contribution in [0.4, 0.5) is 10.3 Å². The lowest BCUT2D eigenvalue weighted by molar-refractivity contribution is -0.133. The summed E-state index contributed by atoms with van der Waals surface area (Å²) in [7, 11) is 0. The number of rotatable bonds is 8. The molecule has 0 bridgehead atoms. The van der Waals surface area contributed by atoms with Crippen LogP contribution in [0.3, 0.4) is 0 Å². The summed E-state index contributed by atoms with van der Waals surface area (Å²) in [5.74, 6) is 3.17. The number of halogens is 2. The number of piperidine rings is 1. The van der Waals surface area contributed by atoms with Gasteiger partial charge in [0.2, 0.25) is 11.9 Å². The Morgan fingerprint density at radius 2 is 1.91 bits per heavy atom. The van der Waals surface area contributed by atoms with Crippen molar-refractivity contribution >= 4 is 23.5 Å². The zero-order valence-corrected chi connectivity index (χ0v) is 19.5. The summed E-state index contributed by atoms with van der Waals surface area (Å²) in [5, 5.41) is 0.563. The second-order valence-corrected chi connectivity index (χ2v) is 9.92. The molecule has 2 aliphatic heterocycles. The Morgan fingerprint density at radius 3 is 2.58 bits per heavy atom. The quantitative estimate of drug-likeness (QED) is 0.571. The van der Waals surface area contributed by atoms with Crippen molar-refractivity contribution in [2.45, 2.75) is 38.5 Å². The topological polar surface area (TPSA) is 58.6 Å². The van der Waals surface area contributed by atoms with Crippen LogP contribution < -0.4 is 9.64 Å². The molecule has 2 unspecified atom stereocenters. The van der Waals surface area contributed by atoms with Gasteiger partial charge in [0.1, 0.15) is 11.6 Å². The van der Waals surface area contributed by atoms with Crippen molar-refractivity contribution in [1.82, 2.24) is 14.9 Å². The van der Waals surface area contributed by atoms with E-state index in [0.29, 0.717) is 28.9 Å². The molecule has 0 N–H and O–H groups in total. The van der Waals surface area contributed by atoms with E-state index in [1.165, 1.54) is 12.5 Å². The van der Waals surface area contributed by atoms with Gasteiger partial charge in [0, 0.05) is 32.2 Å². The fourth-order valence-corrected chi connectivity index (χ4v) is 5.20. The summed E-state index contributed by atoms with van der Waals surface area (Å²) in [6, 6.07) is 4.87. The van der Waals surface area contributed by atoms with Crippen LogP contribution in [0.15, 0.2) is 30.6 Å². The third-order valence-electron chi connectivity index (χ3n) is 7.34. The lowest BCUT2D eigenvalue weighted by Crippen LogP contribution is -2.42. The Labute approximate surface area is 199 Å². The van der Waals surface area contributed by atoms with Gasteiger partial charge in [-0.25, -0.2) is 14.4 Å². The van der Waals surface area contributed by atoms with E-state index >= 15 is 0 Å². The van der Waals surface area contributed by atoms with Crippen molar-refractivity contribution in [3.05, 3.63) is 47.0 Å². The van der Waals surface area contributed by atoms with Crippen molar-refractivity contribution in [3.63, 3.8) is 0 Å². The van der Waals surface area contributed by atoms with E-state index in [9.17, 15) is 9.18 Å². The van der Waals surface area contributed by atoms with Crippen molar-refractivity contribution in [2.75, 3.05) is 37.7 Å². The van der Waals surface area contributed by atoms with E-state index in [4.69, 9.17) is 16.3 Å². The van der Waals surface area contributed by atoms with Gasteiger partial charge in [-0.15, -0.1) is 0 Å². The molecule has 176 valence electrons. The Morgan fingerprint density at radius 1 is 1.15 bits per heavy atom. The first kappa shape index (κ1) is 22.4. The highest BCUT2D eigenvalue weighted by molar-refractivity contribution is 6.30. The molecule has 1 aromatic carbocycles. The third-order valence-corrected chi connectivity index (χ3v) is 7.54. The fraction of sp³-hybridized carbons (Fsp3) is 0.560. The van der Waals surface area contributed by atoms with Gasteiger partial charge >= 0.3 is 0 Å². The maximum Gasteiger partial charge on any atom is 0.227 e. The number of amides is 1. The standard InChI is InChI=1S/C25H30ClFN4O2/c26-20-15-28-25(29-16-20)31-9-4-17(5-10-31)22-12-18(22)6-11-33-21-3-2-19(23(27)14-21)13-24(32)30-7-1-8-30/h2-3,14-18,22H,1,4-13H2. The van der Waals surface area contributed by atoms with Gasteiger partial charge in [-0.3, -0.25) is 4.79 Å². The van der Waals surface area contributed by atoms with Gasteiger partial charge in [0.25, 0.3) is 0 Å². The van der Waals surface area contributed by atoms with Crippen LogP contribution >= 0.6 is 11.6 Å². The molecular weight excluding hydrogens is 443 g/mol. The minimum Gasteiger partial charge on any atom is -0.493 e. The molecule has 2 atom stereocenters. The highest BCUT2D eigenvalue weighted by Crippen LogP contribution is 2.49. The highest BCUT2D eigenvalue weighted by Gasteiger charge is 2.43. The van der Waals surface area contributed by atoms with Gasteiger partial charge in [-0.1, -0.05) is 17.7 Å². The first-order valence-electron chi connectivity index (χ1n) is 12.0. The molecule has 3 heterocycles. The number of carbonyl (C=O) groups is 1. The van der Waals surface area contributed by atoms with E-state index in [2.05, 4.69) is 14.9 Å². The fourth-order valence-electron chi connectivity index (χ4n) is 5.11. The van der Waals surface area contributed by atoms with Crippen LogP contribution in [0.1, 0.15) is 37.7 Å². The number of carbonyl (C=O) groups excluding carboxylic acids is 1. The van der Waals surface area contributed by atoms with Crippen LogP contribution in [0, 0.1) is 23.6 Å². The van der Waals surface area contributed by atoms with Gasteiger partial charge in [0.15, 0.2) is 0 Å². The average molecular weight is 473 g/mol. The number of ether oxygens (including phenoxy) is 1. The minimum atomic E-state index is -0.359. The van der Waals surface area contributed by atoms with E-state index in [-0.39, 0.29) is 18.1 Å². The molecule has 3 fully saturated rings. The summed E-state index contributed by atoms with van der Waals surface area (Å²) in [5.41, 5.74) is 0.442. The first-order valence-corrected chi connectivity index (χ1v) is 12.4. The SMILES string of the molecule is O=C(Cc1ccc(OCCC2CC2C2CCN(c3ncc(Cl)cn3)CC2)cc1F)N1CCC1. The number of aromatic nitrogens is 2. The normalized spacial score (nSPS) is 22.7. The van der Waals surface area contributed by atoms with Gasteiger partial charge in [-0.05, 0) is 61.5 Å². The van der Waals surface area contributed by atoms with Crippen LogP contribution in [-0.2, 0) is 11.2 Å². The molecule has 33 heavy (non-hydrogen) atoms. The molecule has 3 aliphatic rings. The molecule has 0 radical (unpaired) electrons. The lowest BCUT2D eigenvalue weighted by Gasteiger charge is -2.32. The van der Waals surface area contributed by atoms with Crippen molar-refractivity contribution < 1.29 is 13.9 Å². The average Bonchev–Trinajstić information content (AvgIpc) is 3.55. The first-order chi connectivity index (χ1) is 16.1. The molecule has 1 aliphatic carbocycles. The molecule has 1 amide bonds. The third kappa shape index (κ3) is 5.40. The van der Waals surface area contributed by atoms with Crippen molar-refractivity contribution in [1.29, 1.82) is 0 Å². The monoisotopic (exact) mass is 472 g/mol. The smallest absolute Gasteiger partial charge is 0.227 e. The number of nitrogens with zero attached hydrogens (tertiary/aromatic N) is 4. The predicted octanol–water partition coefficient (Wildman–Crippen LogP) is 4.37. The number of hydrogen-bond acceptors (Lipinski definition) is 5. The Hall–Kier alpha value is -2.41. The van der Waals surface area contributed by atoms with Crippen molar-refractivity contribution in [3.8, 4) is 5.75 Å². The van der Waals surface area contributed by atoms with E-state index < -0.39 is 0 Å². The van der Waals surface area contributed by atoms with E-state index in [1.807, 2.05) is 0 Å². The van der Waals surface area contributed by atoms with Crippen LogP contribution in [-0.4, -0.2) is 53.6 Å². The molecule has 1 saturated carbocycles. The Bertz CT molecular complexity index is 977. The molecule has 5 rings (SSSR count). The van der Waals surface area contributed by atoms with Crippen LogP contribution in [0.5, 0.6) is 5.75 Å². The lowest BCUT2D eigenvalue weighted by atomic mass is 9.90. The summed E-state index contributed by atoms with van der Waals surface area (Å²) < 4.78 is 20.2. The summed E-state index contributed by atoms with van der Waals surface area (Å²) >= 11 is 5.88. The van der Waals surface area contributed by atoms with Gasteiger partial charge in [0.05, 0.1) is 30.4 Å². The highest BCUT2D eigenvalue weighted by atomic mass is 35.5. The van der Waals surface area contributed by atoms with Crippen molar-refractivity contribution in [2.24, 2.45) is 17.8 Å². The second-order valence-electron chi connectivity index (χ2n) is 9.49. The largest absolute Gasteiger partial charge is 0.493 e. The minimum absolute atomic E-state index is 0.000110. The number of benzene rings is 1. The van der Waals surface area contributed by atoms with Gasteiger partial charge < -0.3 is 14.5 Å². The Balaban J connectivity index is 1.02. The number of likely N-dealkylation sites (tertiary alicyclic amines) is 1. The molecular formula is C25H30ClFN4O2. The predicted molar refractivity (Wildman–Crippen MR) is 125 cm³/mol. The molecule has 2 aromatic rings. The molecule has 0 spiro atoms. The second kappa shape index (κ2) is 9.84. The van der Waals surface area contributed by atoms with E-state index in [0.717, 1.165) is 69.6 Å². The molecule has 1 aromatic heterocycles. The van der Waals surface area contributed by atoms with Gasteiger partial charge in [-0.2, -0.15) is 0 Å². The van der Waals surface area contributed by atoms with E-state index in [1.54, 1.807) is 29.4 Å². The molecule has 2 saturated heterocycles. The summed E-state index contributed by atoms with van der Waals surface area (Å²) in [6.07, 6.45) is 9.06. The van der Waals surface area contributed by atoms with Crippen LogP contribution in [0.25, 0.3) is 0 Å². The zero-order chi connectivity index (χ0) is 22.8. The number of anilines is 1. The summed E-state index contributed by atoms with van der Waals surface area (Å²) in [4.78, 5) is 24.7.